The molecule has 2 rings (SSSR count). The van der Waals surface area contributed by atoms with Crippen molar-refractivity contribution in [2.75, 3.05) is 5.75 Å². The van der Waals surface area contributed by atoms with Gasteiger partial charge in [0.05, 0.1) is 11.3 Å². The van der Waals surface area contributed by atoms with E-state index in [1.54, 1.807) is 6.07 Å². The lowest BCUT2D eigenvalue weighted by Gasteiger charge is -1.99. The molecule has 1 nitrogen and oxygen atoms in total. The molecule has 0 amide bonds. The molecule has 0 fully saturated rings. The zero-order valence-corrected chi connectivity index (χ0v) is 8.34. The number of rotatable bonds is 0. The summed E-state index contributed by atoms with van der Waals surface area (Å²) in [5.74, 6) is -0.175. The summed E-state index contributed by atoms with van der Waals surface area (Å²) < 4.78 is 13.9. The van der Waals surface area contributed by atoms with E-state index >= 15 is 0 Å². The number of ketones is 1. The smallest absolute Gasteiger partial charge is 0.177 e. The molecule has 0 bridgehead atoms. The van der Waals surface area contributed by atoms with Crippen LogP contribution in [-0.2, 0) is 0 Å². The quantitative estimate of drug-likeness (QED) is 0.701. The standard InChI is InChI=1S/C8H4BrFOS/c9-4-1-2-5(10)7-6(11)3-12-8(4)7/h1-2H,3H2. The average molecular weight is 247 g/mol. The van der Waals surface area contributed by atoms with Gasteiger partial charge in [-0.15, -0.1) is 11.8 Å². The number of carbonyl (C=O) groups is 1. The Hall–Kier alpha value is -0.350. The maximum atomic E-state index is 13.1. The predicted octanol–water partition coefficient (Wildman–Crippen LogP) is 2.88. The van der Waals surface area contributed by atoms with Gasteiger partial charge in [0.25, 0.3) is 0 Å². The first-order valence-electron chi connectivity index (χ1n) is 3.34. The van der Waals surface area contributed by atoms with E-state index in [2.05, 4.69) is 15.9 Å². The van der Waals surface area contributed by atoms with Crippen molar-refractivity contribution in [1.82, 2.24) is 0 Å². The highest BCUT2D eigenvalue weighted by Gasteiger charge is 2.25. The van der Waals surface area contributed by atoms with Crippen molar-refractivity contribution >= 4 is 33.5 Å². The van der Waals surface area contributed by atoms with Gasteiger partial charge >= 0.3 is 0 Å². The minimum Gasteiger partial charge on any atom is -0.293 e. The fourth-order valence-corrected chi connectivity index (χ4v) is 2.80. The molecule has 1 heterocycles. The van der Waals surface area contributed by atoms with Gasteiger partial charge in [-0.05, 0) is 28.1 Å². The van der Waals surface area contributed by atoms with Crippen LogP contribution in [0.3, 0.4) is 0 Å². The second-order valence-corrected chi connectivity index (χ2v) is 4.29. The highest BCUT2D eigenvalue weighted by atomic mass is 79.9. The summed E-state index contributed by atoms with van der Waals surface area (Å²) in [4.78, 5) is 11.9. The molecule has 0 spiro atoms. The summed E-state index contributed by atoms with van der Waals surface area (Å²) >= 11 is 4.65. The van der Waals surface area contributed by atoms with Gasteiger partial charge < -0.3 is 0 Å². The van der Waals surface area contributed by atoms with Crippen molar-refractivity contribution < 1.29 is 9.18 Å². The lowest BCUT2D eigenvalue weighted by Crippen LogP contribution is -1.98. The molecular formula is C8H4BrFOS. The van der Waals surface area contributed by atoms with E-state index in [4.69, 9.17) is 0 Å². The first-order chi connectivity index (χ1) is 5.70. The van der Waals surface area contributed by atoms with Crippen LogP contribution in [0.25, 0.3) is 0 Å². The second-order valence-electron chi connectivity index (χ2n) is 2.45. The van der Waals surface area contributed by atoms with Crippen LogP contribution in [0.4, 0.5) is 4.39 Å². The first kappa shape index (κ1) is 8.26. The first-order valence-corrected chi connectivity index (χ1v) is 5.12. The van der Waals surface area contributed by atoms with Gasteiger partial charge in [-0.2, -0.15) is 0 Å². The van der Waals surface area contributed by atoms with Gasteiger partial charge in [0.1, 0.15) is 5.82 Å². The third-order valence-electron chi connectivity index (χ3n) is 1.69. The molecule has 12 heavy (non-hydrogen) atoms. The fourth-order valence-electron chi connectivity index (χ4n) is 1.14. The zero-order valence-electron chi connectivity index (χ0n) is 5.93. The minimum atomic E-state index is -0.414. The zero-order chi connectivity index (χ0) is 8.72. The number of fused-ring (bicyclic) bond motifs is 1. The van der Waals surface area contributed by atoms with Gasteiger partial charge in [0.15, 0.2) is 5.78 Å². The van der Waals surface area contributed by atoms with Crippen molar-refractivity contribution in [3.8, 4) is 0 Å². The summed E-state index contributed by atoms with van der Waals surface area (Å²) in [6.45, 7) is 0. The third-order valence-corrected chi connectivity index (χ3v) is 3.73. The molecule has 0 saturated carbocycles. The molecule has 1 aromatic carbocycles. The van der Waals surface area contributed by atoms with E-state index in [9.17, 15) is 9.18 Å². The molecule has 62 valence electrons. The van der Waals surface area contributed by atoms with Crippen LogP contribution in [0.15, 0.2) is 21.5 Å². The van der Waals surface area contributed by atoms with Gasteiger partial charge in [0, 0.05) is 9.37 Å². The van der Waals surface area contributed by atoms with Gasteiger partial charge in [-0.25, -0.2) is 4.39 Å². The number of halogens is 2. The van der Waals surface area contributed by atoms with E-state index in [0.717, 1.165) is 9.37 Å². The van der Waals surface area contributed by atoms with Crippen LogP contribution in [-0.4, -0.2) is 11.5 Å². The highest BCUT2D eigenvalue weighted by molar-refractivity contribution is 9.10. The van der Waals surface area contributed by atoms with Gasteiger partial charge in [-0.1, -0.05) is 0 Å². The summed E-state index contributed by atoms with van der Waals surface area (Å²) in [7, 11) is 0. The Bertz CT molecular complexity index is 364. The van der Waals surface area contributed by atoms with Gasteiger partial charge in [-0.3, -0.25) is 4.79 Å². The summed E-state index contributed by atoms with van der Waals surface area (Å²) in [5.41, 5.74) is 0.245. The molecule has 0 N–H and O–H groups in total. The lowest BCUT2D eigenvalue weighted by molar-refractivity contribution is 0.101. The lowest BCUT2D eigenvalue weighted by atomic mass is 10.1. The Morgan fingerprint density at radius 3 is 2.92 bits per heavy atom. The molecule has 0 unspecified atom stereocenters. The van der Waals surface area contributed by atoms with Gasteiger partial charge in [0.2, 0.25) is 0 Å². The molecule has 0 aliphatic carbocycles. The molecule has 1 aromatic rings. The Kier molecular flexibility index (Phi) is 1.96. The molecule has 0 saturated heterocycles. The average Bonchev–Trinajstić information content (AvgIpc) is 2.42. The number of thioether (sulfide) groups is 1. The Balaban J connectivity index is 2.72. The number of carbonyl (C=O) groups excluding carboxylic acids is 1. The predicted molar refractivity (Wildman–Crippen MR) is 49.2 cm³/mol. The molecule has 4 heteroatoms. The van der Waals surface area contributed by atoms with E-state index in [1.165, 1.54) is 17.8 Å². The Morgan fingerprint density at radius 2 is 2.25 bits per heavy atom. The fraction of sp³-hybridized carbons (Fsp3) is 0.125. The van der Waals surface area contributed by atoms with Crippen LogP contribution in [0.1, 0.15) is 10.4 Å². The van der Waals surface area contributed by atoms with Crippen molar-refractivity contribution in [3.63, 3.8) is 0 Å². The topological polar surface area (TPSA) is 17.1 Å². The normalized spacial score (nSPS) is 15.0. The molecular weight excluding hydrogens is 243 g/mol. The van der Waals surface area contributed by atoms with E-state index < -0.39 is 5.82 Å². The maximum Gasteiger partial charge on any atom is 0.177 e. The number of benzene rings is 1. The molecule has 1 aliphatic rings. The Labute approximate surface area is 81.5 Å². The van der Waals surface area contributed by atoms with Crippen LogP contribution >= 0.6 is 27.7 Å². The molecule has 0 radical (unpaired) electrons. The highest BCUT2D eigenvalue weighted by Crippen LogP contribution is 2.38. The summed E-state index contributed by atoms with van der Waals surface area (Å²) in [6, 6.07) is 2.94. The summed E-state index contributed by atoms with van der Waals surface area (Å²) in [5, 5.41) is 0. The van der Waals surface area contributed by atoms with Crippen LogP contribution in [0, 0.1) is 5.82 Å². The molecule has 1 aliphatic heterocycles. The van der Waals surface area contributed by atoms with Crippen molar-refractivity contribution in [2.45, 2.75) is 4.90 Å². The summed E-state index contributed by atoms with van der Waals surface area (Å²) in [6.07, 6.45) is 0. The van der Waals surface area contributed by atoms with E-state index in [1.807, 2.05) is 0 Å². The minimum absolute atomic E-state index is 0.117. The SMILES string of the molecule is O=C1CSc2c(Br)ccc(F)c21. The van der Waals surface area contributed by atoms with Crippen molar-refractivity contribution in [2.24, 2.45) is 0 Å². The number of hydrogen-bond acceptors (Lipinski definition) is 2. The van der Waals surface area contributed by atoms with Crippen LogP contribution in [0.2, 0.25) is 0 Å². The number of Topliss-reactive ketones (excluding diaryl/α,β-unsaturated/α-hetero) is 1. The largest absolute Gasteiger partial charge is 0.293 e. The van der Waals surface area contributed by atoms with Crippen molar-refractivity contribution in [1.29, 1.82) is 0 Å². The number of hydrogen-bond donors (Lipinski definition) is 0. The van der Waals surface area contributed by atoms with E-state index in [0.29, 0.717) is 5.75 Å². The molecule has 0 aromatic heterocycles. The monoisotopic (exact) mass is 246 g/mol. The Morgan fingerprint density at radius 1 is 1.50 bits per heavy atom. The third kappa shape index (κ3) is 1.10. The molecule has 0 atom stereocenters. The second kappa shape index (κ2) is 2.85. The maximum absolute atomic E-state index is 13.1. The van der Waals surface area contributed by atoms with Crippen molar-refractivity contribution in [3.05, 3.63) is 28.0 Å². The van der Waals surface area contributed by atoms with E-state index in [-0.39, 0.29) is 11.3 Å². The van der Waals surface area contributed by atoms with Crippen LogP contribution < -0.4 is 0 Å². The van der Waals surface area contributed by atoms with Crippen LogP contribution in [0.5, 0.6) is 0 Å².